The second kappa shape index (κ2) is 7.84. The predicted octanol–water partition coefficient (Wildman–Crippen LogP) is 3.72. The number of nitrogens with one attached hydrogen (secondary N) is 1. The van der Waals surface area contributed by atoms with Crippen LogP contribution in [0.2, 0.25) is 0 Å². The first-order chi connectivity index (χ1) is 11.8. The number of hydrogen-bond donors (Lipinski definition) is 1. The molecule has 0 atom stereocenters. The van der Waals surface area contributed by atoms with E-state index in [-0.39, 0.29) is 5.91 Å². The maximum absolute atomic E-state index is 12.2. The zero-order chi connectivity index (χ0) is 16.8. The number of nitrogens with zero attached hydrogens (tertiary/aromatic N) is 3. The molecule has 1 N–H and O–H groups in total. The molecule has 2 aromatic rings. The summed E-state index contributed by atoms with van der Waals surface area (Å²) in [5.41, 5.74) is 2.39. The fourth-order valence-electron chi connectivity index (χ4n) is 2.84. The Kier molecular flexibility index (Phi) is 5.34. The van der Waals surface area contributed by atoms with Crippen LogP contribution in [0.3, 0.4) is 0 Å². The fourth-order valence-corrected chi connectivity index (χ4v) is 4.08. The Morgan fingerprint density at radius 3 is 2.83 bits per heavy atom. The highest BCUT2D eigenvalue weighted by Gasteiger charge is 2.19. The van der Waals surface area contributed by atoms with Gasteiger partial charge in [-0.1, -0.05) is 12.8 Å². The van der Waals surface area contributed by atoms with E-state index in [9.17, 15) is 10.1 Å². The van der Waals surface area contributed by atoms with Crippen LogP contribution < -0.4 is 5.32 Å². The topological polar surface area (TPSA) is 78.7 Å². The van der Waals surface area contributed by atoms with Gasteiger partial charge >= 0.3 is 0 Å². The molecule has 24 heavy (non-hydrogen) atoms. The summed E-state index contributed by atoms with van der Waals surface area (Å²) in [6, 6.07) is 2.28. The normalized spacial score (nSPS) is 14.5. The van der Waals surface area contributed by atoms with Crippen LogP contribution in [0.4, 0.5) is 5.00 Å². The van der Waals surface area contributed by atoms with E-state index in [1.54, 1.807) is 36.0 Å². The van der Waals surface area contributed by atoms with E-state index in [2.05, 4.69) is 21.4 Å². The molecule has 0 unspecified atom stereocenters. The summed E-state index contributed by atoms with van der Waals surface area (Å²) in [7, 11) is 0. The first kappa shape index (κ1) is 16.3. The third-order valence-corrected chi connectivity index (χ3v) is 5.22. The van der Waals surface area contributed by atoms with E-state index in [1.165, 1.54) is 23.8 Å². The highest BCUT2D eigenvalue weighted by Crippen LogP contribution is 2.36. The van der Waals surface area contributed by atoms with Crippen LogP contribution in [0.25, 0.3) is 6.08 Å². The number of anilines is 1. The van der Waals surface area contributed by atoms with Gasteiger partial charge in [-0.3, -0.25) is 14.8 Å². The minimum absolute atomic E-state index is 0.258. The highest BCUT2D eigenvalue weighted by atomic mass is 32.1. The lowest BCUT2D eigenvalue weighted by atomic mass is 9.97. The summed E-state index contributed by atoms with van der Waals surface area (Å²) in [5.74, 6) is -0.258. The number of hydrogen-bond acceptors (Lipinski definition) is 5. The molecule has 0 bridgehead atoms. The SMILES string of the molecule is N#Cc1c(NC(=O)C=Cc2cnccn2)sc2c1CCCCCC2. The fraction of sp³-hybridized carbons (Fsp3) is 0.333. The predicted molar refractivity (Wildman–Crippen MR) is 94.6 cm³/mol. The standard InChI is InChI=1S/C18H18N4OS/c19-11-15-14-5-3-1-2-4-6-16(14)24-18(15)22-17(23)8-7-13-12-20-9-10-21-13/h7-10,12H,1-6H2,(H,22,23). The van der Waals surface area contributed by atoms with Gasteiger partial charge in [0.05, 0.1) is 17.5 Å². The van der Waals surface area contributed by atoms with Crippen LogP contribution in [-0.2, 0) is 17.6 Å². The molecule has 0 saturated carbocycles. The maximum atomic E-state index is 12.2. The number of nitriles is 1. The minimum Gasteiger partial charge on any atom is -0.313 e. The number of aryl methyl sites for hydroxylation is 1. The smallest absolute Gasteiger partial charge is 0.249 e. The van der Waals surface area contributed by atoms with Crippen LogP contribution in [0.5, 0.6) is 0 Å². The Labute approximate surface area is 145 Å². The van der Waals surface area contributed by atoms with E-state index >= 15 is 0 Å². The third-order valence-electron chi connectivity index (χ3n) is 4.01. The van der Waals surface area contributed by atoms with Gasteiger partial charge in [-0.15, -0.1) is 11.3 Å². The highest BCUT2D eigenvalue weighted by molar-refractivity contribution is 7.16. The van der Waals surface area contributed by atoms with Gasteiger partial charge in [0.2, 0.25) is 5.91 Å². The number of carbonyl (C=O) groups is 1. The van der Waals surface area contributed by atoms with Crippen molar-refractivity contribution in [3.8, 4) is 6.07 Å². The first-order valence-corrected chi connectivity index (χ1v) is 8.89. The first-order valence-electron chi connectivity index (χ1n) is 8.07. The third kappa shape index (κ3) is 3.87. The van der Waals surface area contributed by atoms with Gasteiger partial charge in [0.1, 0.15) is 11.1 Å². The largest absolute Gasteiger partial charge is 0.313 e. The number of rotatable bonds is 3. The summed E-state index contributed by atoms with van der Waals surface area (Å²) in [5, 5.41) is 13.0. The molecule has 0 aromatic carbocycles. The molecule has 2 aromatic heterocycles. The quantitative estimate of drug-likeness (QED) is 0.865. The molecule has 0 aliphatic heterocycles. The van der Waals surface area contributed by atoms with Crippen LogP contribution >= 0.6 is 11.3 Å². The van der Waals surface area contributed by atoms with Gasteiger partial charge in [-0.2, -0.15) is 5.26 Å². The van der Waals surface area contributed by atoms with Gasteiger partial charge in [-0.05, 0) is 37.3 Å². The van der Waals surface area contributed by atoms with Crippen molar-refractivity contribution in [3.05, 3.63) is 46.4 Å². The Morgan fingerprint density at radius 2 is 2.08 bits per heavy atom. The average molecular weight is 338 g/mol. The Hall–Kier alpha value is -2.52. The van der Waals surface area contributed by atoms with E-state index in [0.29, 0.717) is 16.3 Å². The van der Waals surface area contributed by atoms with Gasteiger partial charge in [0, 0.05) is 23.3 Å². The van der Waals surface area contributed by atoms with E-state index in [0.717, 1.165) is 31.2 Å². The molecule has 1 aliphatic rings. The average Bonchev–Trinajstić information content (AvgIpc) is 2.89. The van der Waals surface area contributed by atoms with Gasteiger partial charge in [-0.25, -0.2) is 0 Å². The second-order valence-corrected chi connectivity index (χ2v) is 6.79. The molecule has 0 fully saturated rings. The van der Waals surface area contributed by atoms with E-state index in [1.807, 2.05) is 0 Å². The molecule has 6 heteroatoms. The monoisotopic (exact) mass is 338 g/mol. The number of thiophene rings is 1. The zero-order valence-electron chi connectivity index (χ0n) is 13.3. The molecule has 2 heterocycles. The lowest BCUT2D eigenvalue weighted by Crippen LogP contribution is -2.07. The maximum Gasteiger partial charge on any atom is 0.249 e. The number of carbonyl (C=O) groups excluding carboxylic acids is 1. The number of fused-ring (bicyclic) bond motifs is 1. The molecule has 5 nitrogen and oxygen atoms in total. The molecule has 3 rings (SSSR count). The molecule has 122 valence electrons. The molecule has 1 aliphatic carbocycles. The van der Waals surface area contributed by atoms with Crippen LogP contribution in [0.1, 0.15) is 47.4 Å². The van der Waals surface area contributed by atoms with Crippen LogP contribution in [0, 0.1) is 11.3 Å². The lowest BCUT2D eigenvalue weighted by molar-refractivity contribution is -0.111. The Bertz CT molecular complexity index is 789. The molecule has 0 saturated heterocycles. The summed E-state index contributed by atoms with van der Waals surface area (Å²) in [6.07, 6.45) is 14.4. The van der Waals surface area contributed by atoms with E-state index < -0.39 is 0 Å². The van der Waals surface area contributed by atoms with Crippen molar-refractivity contribution in [2.24, 2.45) is 0 Å². The lowest BCUT2D eigenvalue weighted by Gasteiger charge is -2.08. The molecular weight excluding hydrogens is 320 g/mol. The Morgan fingerprint density at radius 1 is 1.25 bits per heavy atom. The van der Waals surface area contributed by atoms with Crippen LogP contribution in [-0.4, -0.2) is 15.9 Å². The summed E-state index contributed by atoms with van der Waals surface area (Å²) in [6.45, 7) is 0. The summed E-state index contributed by atoms with van der Waals surface area (Å²) >= 11 is 1.54. The van der Waals surface area contributed by atoms with Crippen molar-refractivity contribution in [1.82, 2.24) is 9.97 Å². The molecule has 0 radical (unpaired) electrons. The van der Waals surface area contributed by atoms with Crippen molar-refractivity contribution < 1.29 is 4.79 Å². The number of amides is 1. The summed E-state index contributed by atoms with van der Waals surface area (Å²) in [4.78, 5) is 21.4. The van der Waals surface area contributed by atoms with Crippen molar-refractivity contribution >= 4 is 28.3 Å². The zero-order valence-corrected chi connectivity index (χ0v) is 14.1. The van der Waals surface area contributed by atoms with Crippen molar-refractivity contribution in [1.29, 1.82) is 5.26 Å². The van der Waals surface area contributed by atoms with Gasteiger partial charge in [0.15, 0.2) is 0 Å². The Balaban J connectivity index is 1.77. The van der Waals surface area contributed by atoms with Crippen molar-refractivity contribution in [3.63, 3.8) is 0 Å². The van der Waals surface area contributed by atoms with Crippen molar-refractivity contribution in [2.45, 2.75) is 38.5 Å². The van der Waals surface area contributed by atoms with Gasteiger partial charge in [0.25, 0.3) is 0 Å². The molecule has 1 amide bonds. The minimum atomic E-state index is -0.258. The molecular formula is C18H18N4OS. The second-order valence-electron chi connectivity index (χ2n) is 5.69. The van der Waals surface area contributed by atoms with Crippen LogP contribution in [0.15, 0.2) is 24.7 Å². The summed E-state index contributed by atoms with van der Waals surface area (Å²) < 4.78 is 0. The number of aromatic nitrogens is 2. The van der Waals surface area contributed by atoms with E-state index in [4.69, 9.17) is 0 Å². The van der Waals surface area contributed by atoms with Crippen molar-refractivity contribution in [2.75, 3.05) is 5.32 Å². The van der Waals surface area contributed by atoms with Gasteiger partial charge < -0.3 is 5.32 Å². The molecule has 0 spiro atoms.